The van der Waals surface area contributed by atoms with E-state index >= 15 is 0 Å². The summed E-state index contributed by atoms with van der Waals surface area (Å²) < 4.78 is 5.56. The van der Waals surface area contributed by atoms with Gasteiger partial charge in [0.25, 0.3) is 0 Å². The maximum Gasteiger partial charge on any atom is 0.146 e. The molecule has 0 aromatic heterocycles. The lowest BCUT2D eigenvalue weighted by Gasteiger charge is -2.33. The first-order valence-corrected chi connectivity index (χ1v) is 8.46. The second-order valence-electron chi connectivity index (χ2n) is 6.16. The Labute approximate surface area is 142 Å². The second kappa shape index (κ2) is 9.28. The van der Waals surface area contributed by atoms with Crippen molar-refractivity contribution in [3.05, 3.63) is 48.0 Å². The highest BCUT2D eigenvalue weighted by Crippen LogP contribution is 2.38. The van der Waals surface area contributed by atoms with Crippen LogP contribution in [0.2, 0.25) is 0 Å². The summed E-state index contributed by atoms with van der Waals surface area (Å²) >= 11 is 0. The smallest absolute Gasteiger partial charge is 0.146 e. The van der Waals surface area contributed by atoms with E-state index in [0.717, 1.165) is 11.8 Å². The largest absolute Gasteiger partial charge is 0.373 e. The van der Waals surface area contributed by atoms with E-state index in [2.05, 4.69) is 0 Å². The average Bonchev–Trinajstić information content (AvgIpc) is 2.60. The molecule has 1 aromatic carbocycles. The number of carbonyl (C=O) groups is 3. The van der Waals surface area contributed by atoms with Crippen LogP contribution in [-0.4, -0.2) is 24.5 Å². The molecule has 0 radical (unpaired) electrons. The Hall–Kier alpha value is -2.07. The highest BCUT2D eigenvalue weighted by Gasteiger charge is 2.45. The zero-order valence-corrected chi connectivity index (χ0v) is 13.9. The van der Waals surface area contributed by atoms with Gasteiger partial charge < -0.3 is 9.53 Å². The lowest BCUT2D eigenvalue weighted by molar-refractivity contribution is -0.144. The molecule has 1 fully saturated rings. The van der Waals surface area contributed by atoms with Crippen molar-refractivity contribution < 1.29 is 19.1 Å². The summed E-state index contributed by atoms with van der Waals surface area (Å²) in [6.07, 6.45) is 6.91. The Morgan fingerprint density at radius 1 is 1.04 bits per heavy atom. The van der Waals surface area contributed by atoms with Crippen molar-refractivity contribution in [2.75, 3.05) is 6.61 Å². The second-order valence-corrected chi connectivity index (χ2v) is 6.16. The van der Waals surface area contributed by atoms with Gasteiger partial charge in [-0.15, -0.1) is 0 Å². The van der Waals surface area contributed by atoms with Crippen molar-refractivity contribution in [1.29, 1.82) is 0 Å². The summed E-state index contributed by atoms with van der Waals surface area (Å²) in [6, 6.07) is 9.88. The fourth-order valence-electron chi connectivity index (χ4n) is 3.13. The van der Waals surface area contributed by atoms with Crippen LogP contribution in [0.25, 0.3) is 0 Å². The van der Waals surface area contributed by atoms with Gasteiger partial charge in [-0.25, -0.2) is 0 Å². The maximum atomic E-state index is 12.3. The number of allylic oxidation sites excluding steroid dienone is 1. The van der Waals surface area contributed by atoms with Crippen LogP contribution in [0.5, 0.6) is 0 Å². The number of rotatable bonds is 9. The van der Waals surface area contributed by atoms with Crippen LogP contribution in [-0.2, 0) is 25.7 Å². The Kier molecular flexibility index (Phi) is 7.07. The van der Waals surface area contributed by atoms with E-state index in [9.17, 15) is 14.4 Å². The summed E-state index contributed by atoms with van der Waals surface area (Å²) in [6.45, 7) is 0.959. The predicted octanol–water partition coefficient (Wildman–Crippen LogP) is 3.44. The van der Waals surface area contributed by atoms with Crippen LogP contribution in [0.15, 0.2) is 42.5 Å². The van der Waals surface area contributed by atoms with Gasteiger partial charge in [-0.1, -0.05) is 42.5 Å². The molecule has 0 heterocycles. The normalized spacial score (nSPS) is 17.3. The molecule has 0 spiro atoms. The third kappa shape index (κ3) is 4.71. The summed E-state index contributed by atoms with van der Waals surface area (Å²) in [5, 5.41) is 0. The van der Waals surface area contributed by atoms with E-state index in [1.54, 1.807) is 0 Å². The molecule has 24 heavy (non-hydrogen) atoms. The fraction of sp³-hybridized carbons (Fsp3) is 0.450. The lowest BCUT2D eigenvalue weighted by atomic mass is 9.67. The van der Waals surface area contributed by atoms with Crippen molar-refractivity contribution in [3.8, 4) is 0 Å². The molecule has 0 N–H and O–H groups in total. The zero-order valence-electron chi connectivity index (χ0n) is 13.9. The number of ether oxygens (including phenoxy) is 1. The highest BCUT2D eigenvalue weighted by atomic mass is 16.5. The first-order valence-electron chi connectivity index (χ1n) is 8.46. The molecule has 2 rings (SSSR count). The van der Waals surface area contributed by atoms with E-state index in [1.165, 1.54) is 0 Å². The van der Waals surface area contributed by atoms with Crippen molar-refractivity contribution >= 4 is 17.9 Å². The van der Waals surface area contributed by atoms with Crippen molar-refractivity contribution in [1.82, 2.24) is 0 Å². The Balaban J connectivity index is 1.86. The molecular formula is C20H24O4. The minimum Gasteiger partial charge on any atom is -0.373 e. The van der Waals surface area contributed by atoms with Crippen LogP contribution in [0, 0.1) is 5.41 Å². The summed E-state index contributed by atoms with van der Waals surface area (Å²) in [5.74, 6) is -0.0362. The molecule has 0 unspecified atom stereocenters. The molecule has 1 aromatic rings. The van der Waals surface area contributed by atoms with Gasteiger partial charge in [0.2, 0.25) is 0 Å². The number of hydrogen-bond donors (Lipinski definition) is 0. The molecule has 0 bridgehead atoms. The molecule has 128 valence electrons. The molecule has 1 aliphatic carbocycles. The summed E-state index contributed by atoms with van der Waals surface area (Å²) in [5.41, 5.74) is 0.112. The molecule has 4 nitrogen and oxygen atoms in total. The Morgan fingerprint density at radius 3 is 2.42 bits per heavy atom. The van der Waals surface area contributed by atoms with E-state index in [4.69, 9.17) is 4.74 Å². The SMILES string of the molecule is O=CCCC1(C/C=C/COCc2ccccc2)C(=O)CCCC1=O. The zero-order chi connectivity index (χ0) is 17.3. The first-order chi connectivity index (χ1) is 11.7. The van der Waals surface area contributed by atoms with Gasteiger partial charge in [0.1, 0.15) is 17.9 Å². The molecule has 1 saturated carbocycles. The molecule has 0 aliphatic heterocycles. The number of benzene rings is 1. The van der Waals surface area contributed by atoms with Gasteiger partial charge in [-0.05, 0) is 24.8 Å². The number of carbonyl (C=O) groups excluding carboxylic acids is 3. The Bertz CT molecular complexity index is 573. The third-order valence-electron chi connectivity index (χ3n) is 4.52. The minimum atomic E-state index is -0.991. The van der Waals surface area contributed by atoms with E-state index in [-0.39, 0.29) is 18.0 Å². The maximum absolute atomic E-state index is 12.3. The Morgan fingerprint density at radius 2 is 1.75 bits per heavy atom. The van der Waals surface area contributed by atoms with Crippen LogP contribution in [0.3, 0.4) is 0 Å². The number of Topliss-reactive ketones (excluding diaryl/α,β-unsaturated/α-hetero) is 2. The van der Waals surface area contributed by atoms with Gasteiger partial charge in [-0.2, -0.15) is 0 Å². The summed E-state index contributed by atoms with van der Waals surface area (Å²) in [7, 11) is 0. The summed E-state index contributed by atoms with van der Waals surface area (Å²) in [4.78, 5) is 35.4. The van der Waals surface area contributed by atoms with E-state index in [0.29, 0.717) is 45.3 Å². The monoisotopic (exact) mass is 328 g/mol. The van der Waals surface area contributed by atoms with Crippen LogP contribution in [0.1, 0.15) is 44.1 Å². The van der Waals surface area contributed by atoms with Crippen molar-refractivity contribution in [2.24, 2.45) is 5.41 Å². The number of ketones is 2. The molecule has 0 atom stereocenters. The molecule has 1 aliphatic rings. The first kappa shape index (κ1) is 18.3. The van der Waals surface area contributed by atoms with Crippen molar-refractivity contribution in [2.45, 2.75) is 45.1 Å². The molecule has 0 saturated heterocycles. The third-order valence-corrected chi connectivity index (χ3v) is 4.52. The molecular weight excluding hydrogens is 304 g/mol. The molecule has 0 amide bonds. The van der Waals surface area contributed by atoms with Gasteiger partial charge in [0, 0.05) is 19.3 Å². The van der Waals surface area contributed by atoms with E-state index in [1.807, 2.05) is 42.5 Å². The lowest BCUT2D eigenvalue weighted by Crippen LogP contribution is -2.42. The standard InChI is InChI=1S/C20H24O4/c21-14-7-13-20(18(22)10-6-11-19(20)23)12-4-5-15-24-16-17-8-2-1-3-9-17/h1-5,8-9,14H,6-7,10-13,15-16H2/b5-4+. The van der Waals surface area contributed by atoms with Crippen LogP contribution < -0.4 is 0 Å². The quantitative estimate of drug-likeness (QED) is 0.301. The average molecular weight is 328 g/mol. The molecule has 4 heteroatoms. The van der Waals surface area contributed by atoms with Crippen LogP contribution >= 0.6 is 0 Å². The van der Waals surface area contributed by atoms with Gasteiger partial charge in [0.15, 0.2) is 0 Å². The van der Waals surface area contributed by atoms with Crippen molar-refractivity contribution in [3.63, 3.8) is 0 Å². The van der Waals surface area contributed by atoms with Gasteiger partial charge >= 0.3 is 0 Å². The van der Waals surface area contributed by atoms with Gasteiger partial charge in [-0.3, -0.25) is 9.59 Å². The van der Waals surface area contributed by atoms with Crippen LogP contribution in [0.4, 0.5) is 0 Å². The predicted molar refractivity (Wildman–Crippen MR) is 91.5 cm³/mol. The highest BCUT2D eigenvalue weighted by molar-refractivity contribution is 6.09. The number of hydrogen-bond acceptors (Lipinski definition) is 4. The number of aldehydes is 1. The van der Waals surface area contributed by atoms with Gasteiger partial charge in [0.05, 0.1) is 18.6 Å². The minimum absolute atomic E-state index is 0.0181. The fourth-order valence-corrected chi connectivity index (χ4v) is 3.13. The van der Waals surface area contributed by atoms with E-state index < -0.39 is 5.41 Å². The topological polar surface area (TPSA) is 60.4 Å².